The molecule has 140 valence electrons. The van der Waals surface area contributed by atoms with Crippen LogP contribution in [0.2, 0.25) is 0 Å². The lowest BCUT2D eigenvalue weighted by atomic mass is 9.98. The van der Waals surface area contributed by atoms with Gasteiger partial charge >= 0.3 is 0 Å². The Kier molecular flexibility index (Phi) is 4.90. The smallest absolute Gasteiger partial charge is 0.258 e. The quantitative estimate of drug-likeness (QED) is 0.714. The Bertz CT molecular complexity index is 934. The lowest BCUT2D eigenvalue weighted by Crippen LogP contribution is -2.34. The third-order valence-corrected chi connectivity index (χ3v) is 5.25. The first-order valence-corrected chi connectivity index (χ1v) is 9.47. The lowest BCUT2D eigenvalue weighted by Gasteiger charge is -2.36. The number of piperidine rings is 1. The molecule has 0 bridgehead atoms. The summed E-state index contributed by atoms with van der Waals surface area (Å²) in [5, 5.41) is 4.52. The Labute approximate surface area is 159 Å². The van der Waals surface area contributed by atoms with Crippen molar-refractivity contribution < 1.29 is 4.79 Å². The second-order valence-corrected chi connectivity index (χ2v) is 7.33. The van der Waals surface area contributed by atoms with E-state index in [1.807, 2.05) is 10.6 Å². The molecule has 1 aliphatic rings. The Hall–Kier alpha value is -2.73. The molecule has 0 aliphatic carbocycles. The highest BCUT2D eigenvalue weighted by molar-refractivity contribution is 5.99. The zero-order chi connectivity index (χ0) is 18.8. The van der Waals surface area contributed by atoms with Crippen molar-refractivity contribution in [1.29, 1.82) is 0 Å². The number of fused-ring (bicyclic) bond motifs is 1. The number of likely N-dealkylation sites (tertiary alicyclic amines) is 1. The van der Waals surface area contributed by atoms with Gasteiger partial charge in [0, 0.05) is 26.8 Å². The maximum Gasteiger partial charge on any atom is 0.258 e. The van der Waals surface area contributed by atoms with Gasteiger partial charge < -0.3 is 4.90 Å². The van der Waals surface area contributed by atoms with Crippen LogP contribution in [0.3, 0.4) is 0 Å². The van der Waals surface area contributed by atoms with Crippen molar-refractivity contribution in [3.63, 3.8) is 0 Å². The number of carbonyl (C=O) groups is 1. The highest BCUT2D eigenvalue weighted by atomic mass is 16.2. The predicted octanol–water partition coefficient (Wildman–Crippen LogP) is 3.16. The van der Waals surface area contributed by atoms with Crippen LogP contribution in [0, 0.1) is 0 Å². The number of amides is 1. The zero-order valence-electron chi connectivity index (χ0n) is 15.9. The van der Waals surface area contributed by atoms with Gasteiger partial charge in [0.1, 0.15) is 5.56 Å². The van der Waals surface area contributed by atoms with Crippen LogP contribution in [0.15, 0.2) is 48.8 Å². The van der Waals surface area contributed by atoms with Gasteiger partial charge in [0.25, 0.3) is 5.91 Å². The molecule has 1 aromatic carbocycles. The van der Waals surface area contributed by atoms with Gasteiger partial charge in [0.2, 0.25) is 0 Å². The van der Waals surface area contributed by atoms with Gasteiger partial charge in [-0.1, -0.05) is 36.8 Å². The van der Waals surface area contributed by atoms with Gasteiger partial charge in [-0.05, 0) is 31.0 Å². The second-order valence-electron chi connectivity index (χ2n) is 7.33. The summed E-state index contributed by atoms with van der Waals surface area (Å²) >= 11 is 0. The van der Waals surface area contributed by atoms with E-state index in [2.05, 4.69) is 45.3 Å². The molecule has 0 radical (unpaired) electrons. The molecule has 1 atom stereocenters. The van der Waals surface area contributed by atoms with E-state index in [1.165, 1.54) is 18.4 Å². The van der Waals surface area contributed by atoms with E-state index in [4.69, 9.17) is 0 Å². The van der Waals surface area contributed by atoms with Crippen LogP contribution in [0.25, 0.3) is 5.65 Å². The van der Waals surface area contributed by atoms with Crippen LogP contribution >= 0.6 is 0 Å². The Morgan fingerprint density at radius 3 is 2.78 bits per heavy atom. The topological polar surface area (TPSA) is 53.7 Å². The fourth-order valence-electron chi connectivity index (χ4n) is 3.89. The highest BCUT2D eigenvalue weighted by Crippen LogP contribution is 2.32. The van der Waals surface area contributed by atoms with Gasteiger partial charge in [-0.15, -0.1) is 0 Å². The first-order chi connectivity index (χ1) is 13.1. The largest absolute Gasteiger partial charge is 0.345 e. The Balaban J connectivity index is 1.70. The van der Waals surface area contributed by atoms with Crippen molar-refractivity contribution >= 4 is 11.6 Å². The van der Waals surface area contributed by atoms with Crippen LogP contribution in [0.1, 0.15) is 46.9 Å². The molecule has 3 heterocycles. The normalized spacial score (nSPS) is 17.9. The first-order valence-electron chi connectivity index (χ1n) is 9.47. The molecule has 3 aromatic rings. The summed E-state index contributed by atoms with van der Waals surface area (Å²) < 4.78 is 1.85. The fraction of sp³-hybridized carbons (Fsp3) is 0.381. The van der Waals surface area contributed by atoms with Crippen LogP contribution in [-0.4, -0.2) is 50.9 Å². The fourth-order valence-corrected chi connectivity index (χ4v) is 3.89. The number of carbonyl (C=O) groups excluding carboxylic acids is 1. The average molecular weight is 363 g/mol. The summed E-state index contributed by atoms with van der Waals surface area (Å²) in [5.74, 6) is -0.0700. The Morgan fingerprint density at radius 2 is 2.00 bits per heavy atom. The molecule has 6 nitrogen and oxygen atoms in total. The van der Waals surface area contributed by atoms with Crippen molar-refractivity contribution in [3.8, 4) is 0 Å². The molecule has 1 aliphatic heterocycles. The molecular formula is C21H25N5O. The minimum atomic E-state index is -0.0700. The van der Waals surface area contributed by atoms with Gasteiger partial charge in [-0.2, -0.15) is 5.10 Å². The third-order valence-electron chi connectivity index (χ3n) is 5.25. The number of hydrogen-bond acceptors (Lipinski definition) is 4. The van der Waals surface area contributed by atoms with E-state index in [9.17, 15) is 4.79 Å². The zero-order valence-corrected chi connectivity index (χ0v) is 15.9. The molecule has 6 heteroatoms. The lowest BCUT2D eigenvalue weighted by molar-refractivity contribution is 0.0829. The van der Waals surface area contributed by atoms with E-state index in [1.54, 1.807) is 31.4 Å². The summed E-state index contributed by atoms with van der Waals surface area (Å²) in [6, 6.07) is 12.9. The van der Waals surface area contributed by atoms with Crippen molar-refractivity contribution in [1.82, 2.24) is 24.4 Å². The molecule has 1 amide bonds. The minimum absolute atomic E-state index is 0.0700. The molecule has 1 saturated heterocycles. The molecule has 0 spiro atoms. The molecule has 0 N–H and O–H groups in total. The van der Waals surface area contributed by atoms with Gasteiger partial charge in [-0.3, -0.25) is 9.69 Å². The number of rotatable bonds is 4. The van der Waals surface area contributed by atoms with Crippen LogP contribution in [0.4, 0.5) is 0 Å². The van der Waals surface area contributed by atoms with Crippen LogP contribution in [0.5, 0.6) is 0 Å². The Morgan fingerprint density at radius 1 is 1.19 bits per heavy atom. The third kappa shape index (κ3) is 3.45. The molecule has 4 rings (SSSR count). The number of hydrogen-bond donors (Lipinski definition) is 0. The molecule has 2 aromatic heterocycles. The van der Waals surface area contributed by atoms with E-state index in [0.29, 0.717) is 11.2 Å². The predicted molar refractivity (Wildman–Crippen MR) is 104 cm³/mol. The minimum Gasteiger partial charge on any atom is -0.345 e. The van der Waals surface area contributed by atoms with Gasteiger partial charge in [0.15, 0.2) is 5.65 Å². The molecule has 0 unspecified atom stereocenters. The van der Waals surface area contributed by atoms with E-state index < -0.39 is 0 Å². The van der Waals surface area contributed by atoms with Gasteiger partial charge in [0.05, 0.1) is 17.9 Å². The van der Waals surface area contributed by atoms with Crippen molar-refractivity contribution in [2.75, 3.05) is 20.6 Å². The van der Waals surface area contributed by atoms with Crippen LogP contribution in [-0.2, 0) is 6.54 Å². The standard InChI is InChI=1S/C21H25N5O/c1-24(2)21(27)17-14-23-26-19(11-12-22-20(17)26)18-10-6-7-13-25(18)15-16-8-4-3-5-9-16/h3-5,8-9,11-12,14,18H,6-7,10,13,15H2,1-2H3/t18-/m0/s1. The van der Waals surface area contributed by atoms with E-state index >= 15 is 0 Å². The van der Waals surface area contributed by atoms with Crippen molar-refractivity contribution in [3.05, 3.63) is 65.6 Å². The van der Waals surface area contributed by atoms with Gasteiger partial charge in [-0.25, -0.2) is 9.50 Å². The van der Waals surface area contributed by atoms with Crippen LogP contribution < -0.4 is 0 Å². The van der Waals surface area contributed by atoms with Crippen molar-refractivity contribution in [2.45, 2.75) is 31.8 Å². The summed E-state index contributed by atoms with van der Waals surface area (Å²) in [6.07, 6.45) is 6.93. The summed E-state index contributed by atoms with van der Waals surface area (Å²) in [5.41, 5.74) is 3.61. The maximum atomic E-state index is 12.4. The van der Waals surface area contributed by atoms with Crippen molar-refractivity contribution in [2.24, 2.45) is 0 Å². The molecule has 0 saturated carbocycles. The summed E-state index contributed by atoms with van der Waals surface area (Å²) in [7, 11) is 3.50. The molecule has 1 fully saturated rings. The highest BCUT2D eigenvalue weighted by Gasteiger charge is 2.27. The van der Waals surface area contributed by atoms with E-state index in [-0.39, 0.29) is 11.9 Å². The monoisotopic (exact) mass is 363 g/mol. The maximum absolute atomic E-state index is 12.4. The average Bonchev–Trinajstić information content (AvgIpc) is 3.13. The first kappa shape index (κ1) is 17.7. The number of benzene rings is 1. The second kappa shape index (κ2) is 7.48. The molecule has 27 heavy (non-hydrogen) atoms. The summed E-state index contributed by atoms with van der Waals surface area (Å²) in [4.78, 5) is 21.0. The van der Waals surface area contributed by atoms with E-state index in [0.717, 1.165) is 25.2 Å². The SMILES string of the molecule is CN(C)C(=O)c1cnn2c([C@@H]3CCCCN3Cc3ccccc3)ccnc12. The summed E-state index contributed by atoms with van der Waals surface area (Å²) in [6.45, 7) is 1.98. The number of aromatic nitrogens is 3. The molecular weight excluding hydrogens is 338 g/mol. The number of nitrogens with zero attached hydrogens (tertiary/aromatic N) is 5.